The Hall–Kier alpha value is -1.24. The lowest BCUT2D eigenvalue weighted by atomic mass is 10.1. The van der Waals surface area contributed by atoms with Crippen LogP contribution < -0.4 is 4.90 Å². The van der Waals surface area contributed by atoms with Gasteiger partial charge in [0, 0.05) is 23.2 Å². The topological polar surface area (TPSA) is 29.5 Å². The van der Waals surface area contributed by atoms with Crippen LogP contribution in [0.4, 0.5) is 18.9 Å². The van der Waals surface area contributed by atoms with Gasteiger partial charge in [0.25, 0.3) is 0 Å². The van der Waals surface area contributed by atoms with Crippen molar-refractivity contribution in [3.8, 4) is 0 Å². The summed E-state index contributed by atoms with van der Waals surface area (Å²) in [6, 6.07) is 4.05. The largest absolute Gasteiger partial charge is 0.469 e. The molecule has 3 nitrogen and oxygen atoms in total. The summed E-state index contributed by atoms with van der Waals surface area (Å²) in [5, 5.41) is 0. The highest BCUT2D eigenvalue weighted by Gasteiger charge is 2.37. The van der Waals surface area contributed by atoms with Gasteiger partial charge >= 0.3 is 12.1 Å². The molecule has 1 aliphatic heterocycles. The van der Waals surface area contributed by atoms with Gasteiger partial charge in [-0.25, -0.2) is 0 Å². The normalized spacial score (nSPS) is 19.2. The van der Waals surface area contributed by atoms with Gasteiger partial charge in [-0.15, -0.1) is 0 Å². The van der Waals surface area contributed by atoms with Gasteiger partial charge in [-0.3, -0.25) is 4.79 Å². The van der Waals surface area contributed by atoms with Crippen LogP contribution in [0.25, 0.3) is 0 Å². The fourth-order valence-electron chi connectivity index (χ4n) is 2.35. The van der Waals surface area contributed by atoms with E-state index >= 15 is 0 Å². The highest BCUT2D eigenvalue weighted by atomic mass is 79.9. The first kappa shape index (κ1) is 15.2. The van der Waals surface area contributed by atoms with E-state index in [4.69, 9.17) is 0 Å². The lowest BCUT2D eigenvalue weighted by Gasteiger charge is -2.23. The van der Waals surface area contributed by atoms with Crippen LogP contribution in [0.5, 0.6) is 0 Å². The van der Waals surface area contributed by atoms with Crippen LogP contribution in [-0.4, -0.2) is 26.2 Å². The Morgan fingerprint density at radius 3 is 2.75 bits per heavy atom. The van der Waals surface area contributed by atoms with Crippen molar-refractivity contribution in [1.82, 2.24) is 0 Å². The Balaban J connectivity index is 2.28. The van der Waals surface area contributed by atoms with Crippen molar-refractivity contribution in [2.75, 3.05) is 25.1 Å². The first-order chi connectivity index (χ1) is 9.32. The van der Waals surface area contributed by atoms with Crippen LogP contribution in [0.1, 0.15) is 12.0 Å². The minimum atomic E-state index is -4.43. The molecule has 0 saturated carbocycles. The van der Waals surface area contributed by atoms with E-state index in [9.17, 15) is 18.0 Å². The fraction of sp³-hybridized carbons (Fsp3) is 0.462. The van der Waals surface area contributed by atoms with E-state index in [0.29, 0.717) is 17.4 Å². The fourth-order valence-corrected chi connectivity index (χ4v) is 2.71. The number of methoxy groups -OCH3 is 1. The van der Waals surface area contributed by atoms with E-state index in [0.717, 1.165) is 6.07 Å². The summed E-state index contributed by atoms with van der Waals surface area (Å²) in [6.07, 6.45) is -3.93. The number of carbonyl (C=O) groups excluding carboxylic acids is 1. The molecular weight excluding hydrogens is 339 g/mol. The SMILES string of the molecule is COC(=O)C1CCN(c2ccc(Br)cc2C(F)(F)F)C1. The van der Waals surface area contributed by atoms with Gasteiger partial charge in [0.05, 0.1) is 18.6 Å². The molecule has 0 radical (unpaired) electrons. The molecule has 1 unspecified atom stereocenters. The van der Waals surface area contributed by atoms with Crippen LogP contribution in [-0.2, 0) is 15.7 Å². The Bertz CT molecular complexity index is 519. The van der Waals surface area contributed by atoms with E-state index in [1.165, 1.54) is 13.2 Å². The summed E-state index contributed by atoms with van der Waals surface area (Å²) >= 11 is 3.05. The number of hydrogen-bond donors (Lipinski definition) is 0. The third-order valence-corrected chi connectivity index (χ3v) is 3.82. The van der Waals surface area contributed by atoms with Crippen LogP contribution in [0.2, 0.25) is 0 Å². The number of halogens is 4. The first-order valence-electron chi connectivity index (χ1n) is 6.02. The number of carbonyl (C=O) groups is 1. The van der Waals surface area contributed by atoms with E-state index in [1.54, 1.807) is 11.0 Å². The molecular formula is C13H13BrF3NO2. The van der Waals surface area contributed by atoms with Crippen molar-refractivity contribution in [3.63, 3.8) is 0 Å². The number of benzene rings is 1. The lowest BCUT2D eigenvalue weighted by molar-refractivity contribution is -0.144. The van der Waals surface area contributed by atoms with Gasteiger partial charge in [0.2, 0.25) is 0 Å². The second kappa shape index (κ2) is 5.63. The quantitative estimate of drug-likeness (QED) is 0.764. The van der Waals surface area contributed by atoms with E-state index in [1.807, 2.05) is 0 Å². The van der Waals surface area contributed by atoms with Crippen LogP contribution in [0, 0.1) is 5.92 Å². The van der Waals surface area contributed by atoms with E-state index in [-0.39, 0.29) is 24.1 Å². The smallest absolute Gasteiger partial charge is 0.418 e. The Labute approximate surface area is 122 Å². The monoisotopic (exact) mass is 351 g/mol. The molecule has 1 fully saturated rings. The molecule has 20 heavy (non-hydrogen) atoms. The number of nitrogens with zero attached hydrogens (tertiary/aromatic N) is 1. The maximum atomic E-state index is 13.1. The van der Waals surface area contributed by atoms with Crippen molar-refractivity contribution in [2.24, 2.45) is 5.92 Å². The molecule has 0 aromatic heterocycles. The number of anilines is 1. The summed E-state index contributed by atoms with van der Waals surface area (Å²) in [5.74, 6) is -0.747. The second-order valence-electron chi connectivity index (χ2n) is 4.61. The average Bonchev–Trinajstić information content (AvgIpc) is 2.86. The maximum Gasteiger partial charge on any atom is 0.418 e. The molecule has 1 atom stereocenters. The van der Waals surface area contributed by atoms with Crippen molar-refractivity contribution in [1.29, 1.82) is 0 Å². The van der Waals surface area contributed by atoms with Crippen molar-refractivity contribution in [2.45, 2.75) is 12.6 Å². The van der Waals surface area contributed by atoms with Gasteiger partial charge in [-0.2, -0.15) is 13.2 Å². The molecule has 2 rings (SSSR count). The van der Waals surface area contributed by atoms with Gasteiger partial charge in [-0.1, -0.05) is 15.9 Å². The molecule has 0 bridgehead atoms. The standard InChI is InChI=1S/C13H13BrF3NO2/c1-20-12(19)8-4-5-18(7-8)11-3-2-9(14)6-10(11)13(15,16)17/h2-3,6,8H,4-5,7H2,1H3. The Kier molecular flexibility index (Phi) is 4.27. The summed E-state index contributed by atoms with van der Waals surface area (Å²) in [7, 11) is 1.28. The predicted octanol–water partition coefficient (Wildman–Crippen LogP) is 3.47. The van der Waals surface area contributed by atoms with Gasteiger partial charge < -0.3 is 9.64 Å². The summed E-state index contributed by atoms with van der Waals surface area (Å²) in [4.78, 5) is 13.0. The lowest BCUT2D eigenvalue weighted by Crippen LogP contribution is -2.25. The molecule has 1 saturated heterocycles. The molecule has 1 aromatic carbocycles. The molecule has 0 spiro atoms. The van der Waals surface area contributed by atoms with Crippen molar-refractivity contribution < 1.29 is 22.7 Å². The zero-order valence-electron chi connectivity index (χ0n) is 10.7. The first-order valence-corrected chi connectivity index (χ1v) is 6.81. The highest BCUT2D eigenvalue weighted by Crippen LogP contribution is 2.39. The summed E-state index contributed by atoms with van der Waals surface area (Å²) in [6.45, 7) is 0.655. The number of alkyl halides is 3. The van der Waals surface area contributed by atoms with Gasteiger partial charge in [-0.05, 0) is 24.6 Å². The van der Waals surface area contributed by atoms with Crippen LogP contribution >= 0.6 is 15.9 Å². The predicted molar refractivity (Wildman–Crippen MR) is 71.5 cm³/mol. The van der Waals surface area contributed by atoms with Crippen LogP contribution in [0.3, 0.4) is 0 Å². The highest BCUT2D eigenvalue weighted by molar-refractivity contribution is 9.10. The minimum absolute atomic E-state index is 0.104. The minimum Gasteiger partial charge on any atom is -0.469 e. The van der Waals surface area contributed by atoms with Crippen molar-refractivity contribution >= 4 is 27.6 Å². The summed E-state index contributed by atoms with van der Waals surface area (Å²) in [5.41, 5.74) is -0.593. The molecule has 1 aromatic rings. The number of ether oxygens (including phenoxy) is 1. The van der Waals surface area contributed by atoms with Gasteiger partial charge in [0.1, 0.15) is 0 Å². The Morgan fingerprint density at radius 1 is 1.45 bits per heavy atom. The maximum absolute atomic E-state index is 13.1. The molecule has 1 heterocycles. The summed E-state index contributed by atoms with van der Waals surface area (Å²) < 4.78 is 44.2. The van der Waals surface area contributed by atoms with Crippen LogP contribution in [0.15, 0.2) is 22.7 Å². The second-order valence-corrected chi connectivity index (χ2v) is 5.53. The molecule has 0 amide bonds. The van der Waals surface area contributed by atoms with E-state index in [2.05, 4.69) is 20.7 Å². The van der Waals surface area contributed by atoms with E-state index < -0.39 is 11.7 Å². The number of rotatable bonds is 2. The Morgan fingerprint density at radius 2 is 2.15 bits per heavy atom. The molecule has 1 aliphatic rings. The molecule has 7 heteroatoms. The molecule has 110 valence electrons. The van der Waals surface area contributed by atoms with Crippen molar-refractivity contribution in [3.05, 3.63) is 28.2 Å². The number of hydrogen-bond acceptors (Lipinski definition) is 3. The average molecular weight is 352 g/mol. The third kappa shape index (κ3) is 3.08. The zero-order chi connectivity index (χ0) is 14.9. The number of esters is 1. The zero-order valence-corrected chi connectivity index (χ0v) is 12.3. The third-order valence-electron chi connectivity index (χ3n) is 3.33. The molecule has 0 aliphatic carbocycles. The van der Waals surface area contributed by atoms with Gasteiger partial charge in [0.15, 0.2) is 0 Å². The molecule has 0 N–H and O–H groups in total.